The second-order valence-electron chi connectivity index (χ2n) is 9.02. The van der Waals surface area contributed by atoms with Crippen molar-refractivity contribution in [2.75, 3.05) is 20.2 Å². The molecule has 39 heavy (non-hydrogen) atoms. The summed E-state index contributed by atoms with van der Waals surface area (Å²) < 4.78 is 34.0. The van der Waals surface area contributed by atoms with Crippen LogP contribution in [0.25, 0.3) is 17.0 Å². The molecule has 0 radical (unpaired) electrons. The summed E-state index contributed by atoms with van der Waals surface area (Å²) in [5, 5.41) is 13.3. The first-order chi connectivity index (χ1) is 18.5. The Hall–Kier alpha value is -4.26. The molecule has 0 fully saturated rings. The van der Waals surface area contributed by atoms with E-state index in [1.807, 2.05) is 24.3 Å². The molecule has 0 unspecified atom stereocenters. The van der Waals surface area contributed by atoms with Crippen LogP contribution in [0.1, 0.15) is 27.9 Å². The number of aromatic nitrogens is 2. The average Bonchev–Trinajstić information content (AvgIpc) is 3.26. The third-order valence-electron chi connectivity index (χ3n) is 6.64. The van der Waals surface area contributed by atoms with Gasteiger partial charge < -0.3 is 10.1 Å². The van der Waals surface area contributed by atoms with Crippen LogP contribution >= 0.6 is 12.4 Å². The van der Waals surface area contributed by atoms with Crippen molar-refractivity contribution in [3.05, 3.63) is 100 Å². The van der Waals surface area contributed by atoms with Gasteiger partial charge in [0.25, 0.3) is 0 Å². The summed E-state index contributed by atoms with van der Waals surface area (Å²) in [6, 6.07) is 14.4. The maximum absolute atomic E-state index is 14.0. The molecular weight excluding hydrogens is 524 g/mol. The third kappa shape index (κ3) is 5.93. The van der Waals surface area contributed by atoms with Gasteiger partial charge in [0.15, 0.2) is 0 Å². The molecule has 1 amide bonds. The number of nitriles is 1. The molecule has 4 aromatic rings. The van der Waals surface area contributed by atoms with Gasteiger partial charge in [-0.1, -0.05) is 12.2 Å². The number of rotatable bonds is 6. The normalized spacial score (nSPS) is 13.1. The molecule has 0 spiro atoms. The van der Waals surface area contributed by atoms with Crippen LogP contribution < -0.4 is 10.1 Å². The molecular formula is C29H26ClF2N5O2. The number of hydrogen-bond donors (Lipinski definition) is 1. The van der Waals surface area contributed by atoms with Gasteiger partial charge in [-0.3, -0.25) is 9.47 Å². The van der Waals surface area contributed by atoms with Crippen LogP contribution in [-0.4, -0.2) is 40.7 Å². The van der Waals surface area contributed by atoms with Gasteiger partial charge in [0.2, 0.25) is 5.88 Å². The minimum atomic E-state index is -0.610. The Morgan fingerprint density at radius 3 is 2.82 bits per heavy atom. The molecule has 2 aromatic heterocycles. The first-order valence-corrected chi connectivity index (χ1v) is 12.1. The predicted octanol–water partition coefficient (Wildman–Crippen LogP) is 5.45. The van der Waals surface area contributed by atoms with Crippen LogP contribution in [0.2, 0.25) is 0 Å². The highest BCUT2D eigenvalue weighted by atomic mass is 35.5. The fourth-order valence-electron chi connectivity index (χ4n) is 4.77. The van der Waals surface area contributed by atoms with E-state index in [1.165, 1.54) is 12.1 Å². The van der Waals surface area contributed by atoms with E-state index >= 15 is 0 Å². The summed E-state index contributed by atoms with van der Waals surface area (Å²) in [6.45, 7) is 2.12. The largest absolute Gasteiger partial charge is 0.481 e. The first kappa shape index (κ1) is 27.8. The smallest absolute Gasteiger partial charge is 0.326 e. The molecule has 1 aliphatic rings. The highest BCUT2D eigenvalue weighted by molar-refractivity contribution is 5.96. The Morgan fingerprint density at radius 1 is 1.21 bits per heavy atom. The SMILES string of the molecule is COc1cc(CNC(=O)n2c3c(c4cc(C#N)ccc42)CN(C/C=C/c2ccc(F)cc2F)CC3)ccn1.Cl. The molecule has 0 saturated heterocycles. The number of fused-ring (bicyclic) bond motifs is 3. The highest BCUT2D eigenvalue weighted by Crippen LogP contribution is 2.32. The summed E-state index contributed by atoms with van der Waals surface area (Å²) in [7, 11) is 1.54. The van der Waals surface area contributed by atoms with Crippen molar-refractivity contribution in [2.24, 2.45) is 0 Å². The third-order valence-corrected chi connectivity index (χ3v) is 6.64. The fraction of sp³-hybridized carbons (Fsp3) is 0.207. The lowest BCUT2D eigenvalue weighted by atomic mass is 10.0. The number of nitrogens with zero attached hydrogens (tertiary/aromatic N) is 4. The van der Waals surface area contributed by atoms with Gasteiger partial charge in [0.1, 0.15) is 11.6 Å². The molecule has 0 bridgehead atoms. The van der Waals surface area contributed by atoms with E-state index in [2.05, 4.69) is 21.3 Å². The summed E-state index contributed by atoms with van der Waals surface area (Å²) in [5.74, 6) is -0.743. The number of nitrogens with one attached hydrogen (secondary N) is 1. The standard InChI is InChI=1S/C29H25F2N5O2.ClH/c1-38-28-14-20(8-10-33-28)17-34-29(37)36-26-7-4-19(16-32)13-23(26)24-18-35(12-9-27(24)36)11-2-3-21-5-6-22(30)15-25(21)31;/h2-8,10,13-15H,9,11-12,17-18H2,1H3,(H,34,37);1H/b3-2+;. The van der Waals surface area contributed by atoms with Crippen molar-refractivity contribution >= 4 is 35.4 Å². The number of carbonyl (C=O) groups is 1. The van der Waals surface area contributed by atoms with Gasteiger partial charge in [-0.05, 0) is 47.5 Å². The zero-order chi connectivity index (χ0) is 26.6. The van der Waals surface area contributed by atoms with Crippen LogP contribution in [0.3, 0.4) is 0 Å². The van der Waals surface area contributed by atoms with Gasteiger partial charge in [-0.15, -0.1) is 12.4 Å². The number of carbonyl (C=O) groups excluding carboxylic acids is 1. The van der Waals surface area contributed by atoms with E-state index in [9.17, 15) is 18.8 Å². The number of pyridine rings is 1. The van der Waals surface area contributed by atoms with E-state index < -0.39 is 11.6 Å². The lowest BCUT2D eigenvalue weighted by Crippen LogP contribution is -2.34. The highest BCUT2D eigenvalue weighted by Gasteiger charge is 2.26. The Labute approximate surface area is 230 Å². The molecule has 0 saturated carbocycles. The van der Waals surface area contributed by atoms with Crippen LogP contribution in [0.5, 0.6) is 5.88 Å². The van der Waals surface area contributed by atoms with Crippen molar-refractivity contribution in [3.8, 4) is 11.9 Å². The molecule has 2 aromatic carbocycles. The summed E-state index contributed by atoms with van der Waals surface area (Å²) in [6.07, 6.45) is 5.74. The predicted molar refractivity (Wildman–Crippen MR) is 147 cm³/mol. The lowest BCUT2D eigenvalue weighted by Gasteiger charge is -2.27. The Kier molecular flexibility index (Phi) is 8.59. The number of amides is 1. The average molecular weight is 550 g/mol. The molecule has 10 heteroatoms. The summed E-state index contributed by atoms with van der Waals surface area (Å²) in [5.41, 5.74) is 4.34. The van der Waals surface area contributed by atoms with Gasteiger partial charge in [-0.2, -0.15) is 5.26 Å². The van der Waals surface area contributed by atoms with Crippen LogP contribution in [0.4, 0.5) is 13.6 Å². The minimum absolute atomic E-state index is 0. The van der Waals surface area contributed by atoms with Gasteiger partial charge >= 0.3 is 6.03 Å². The molecule has 1 N–H and O–H groups in total. The molecule has 1 aliphatic heterocycles. The van der Waals surface area contributed by atoms with Crippen molar-refractivity contribution in [3.63, 3.8) is 0 Å². The molecule has 200 valence electrons. The lowest BCUT2D eigenvalue weighted by molar-refractivity contribution is 0.240. The maximum atomic E-state index is 14.0. The second kappa shape index (κ2) is 12.1. The van der Waals surface area contributed by atoms with Crippen molar-refractivity contribution in [1.29, 1.82) is 5.26 Å². The molecule has 0 aliphatic carbocycles. The summed E-state index contributed by atoms with van der Waals surface area (Å²) >= 11 is 0. The van der Waals surface area contributed by atoms with E-state index in [0.29, 0.717) is 49.6 Å². The number of halogens is 3. The zero-order valence-corrected chi connectivity index (χ0v) is 22.0. The van der Waals surface area contributed by atoms with E-state index in [1.54, 1.807) is 36.1 Å². The van der Waals surface area contributed by atoms with E-state index in [4.69, 9.17) is 4.74 Å². The number of benzene rings is 2. The van der Waals surface area contributed by atoms with Gasteiger partial charge in [0.05, 0.1) is 24.3 Å². The molecule has 7 nitrogen and oxygen atoms in total. The first-order valence-electron chi connectivity index (χ1n) is 12.1. The van der Waals surface area contributed by atoms with Crippen LogP contribution in [-0.2, 0) is 19.5 Å². The topological polar surface area (TPSA) is 83.2 Å². The van der Waals surface area contributed by atoms with Crippen molar-refractivity contribution in [2.45, 2.75) is 19.5 Å². The Morgan fingerprint density at radius 2 is 2.05 bits per heavy atom. The number of ether oxygens (including phenoxy) is 1. The van der Waals surface area contributed by atoms with E-state index in [-0.39, 0.29) is 18.4 Å². The van der Waals surface area contributed by atoms with Crippen molar-refractivity contribution in [1.82, 2.24) is 19.8 Å². The quantitative estimate of drug-likeness (QED) is 0.346. The zero-order valence-electron chi connectivity index (χ0n) is 21.2. The van der Waals surface area contributed by atoms with E-state index in [0.717, 1.165) is 33.8 Å². The van der Waals surface area contributed by atoms with Gasteiger partial charge in [-0.25, -0.2) is 18.6 Å². The van der Waals surface area contributed by atoms with Crippen LogP contribution in [0, 0.1) is 23.0 Å². The monoisotopic (exact) mass is 549 g/mol. The van der Waals surface area contributed by atoms with Crippen molar-refractivity contribution < 1.29 is 18.3 Å². The number of methoxy groups -OCH3 is 1. The Bertz CT molecular complexity index is 1590. The van der Waals surface area contributed by atoms with Crippen LogP contribution in [0.15, 0.2) is 60.8 Å². The summed E-state index contributed by atoms with van der Waals surface area (Å²) in [4.78, 5) is 19.7. The minimum Gasteiger partial charge on any atom is -0.481 e. The Balaban J connectivity index is 0.00000353. The molecule has 0 atom stereocenters. The molecule has 3 heterocycles. The molecule has 5 rings (SSSR count). The maximum Gasteiger partial charge on any atom is 0.326 e. The fourth-order valence-corrected chi connectivity index (χ4v) is 4.77. The number of hydrogen-bond acceptors (Lipinski definition) is 5. The second-order valence-corrected chi connectivity index (χ2v) is 9.02. The van der Waals surface area contributed by atoms with Gasteiger partial charge in [0, 0.05) is 67.6 Å².